The molecule has 108 valence electrons. The highest BCUT2D eigenvalue weighted by Gasteiger charge is 2.08. The first-order valence-corrected chi connectivity index (χ1v) is 7.19. The van der Waals surface area contributed by atoms with Crippen LogP contribution in [-0.2, 0) is 6.54 Å². The molecule has 0 bridgehead atoms. The lowest BCUT2D eigenvalue weighted by molar-refractivity contribution is 0.574. The number of hydrogen-bond donors (Lipinski definition) is 2. The molecule has 1 heterocycles. The zero-order chi connectivity index (χ0) is 15.0. The summed E-state index contributed by atoms with van der Waals surface area (Å²) >= 11 is 1.57. The first-order valence-electron chi connectivity index (χ1n) is 6.37. The van der Waals surface area contributed by atoms with E-state index >= 15 is 0 Å². The maximum absolute atomic E-state index is 13.6. The van der Waals surface area contributed by atoms with Crippen LogP contribution in [0.25, 0.3) is 10.2 Å². The number of nitrogen functional groups attached to an aromatic ring is 1. The van der Waals surface area contributed by atoms with Crippen molar-refractivity contribution < 1.29 is 8.78 Å². The van der Waals surface area contributed by atoms with Crippen LogP contribution in [0.15, 0.2) is 30.3 Å². The van der Waals surface area contributed by atoms with Crippen LogP contribution in [0.5, 0.6) is 0 Å². The number of thiazole rings is 1. The molecule has 3 aromatic rings. The second-order valence-corrected chi connectivity index (χ2v) is 5.96. The summed E-state index contributed by atoms with van der Waals surface area (Å²) < 4.78 is 27.5. The van der Waals surface area contributed by atoms with Crippen LogP contribution in [-0.4, -0.2) is 4.98 Å². The topological polar surface area (TPSA) is 50.9 Å². The van der Waals surface area contributed by atoms with Crippen molar-refractivity contribution in [2.24, 2.45) is 0 Å². The normalized spacial score (nSPS) is 11.0. The molecule has 21 heavy (non-hydrogen) atoms. The highest BCUT2D eigenvalue weighted by Crippen LogP contribution is 2.30. The fourth-order valence-corrected chi connectivity index (χ4v) is 2.97. The van der Waals surface area contributed by atoms with Crippen LogP contribution in [0.1, 0.15) is 10.6 Å². The summed E-state index contributed by atoms with van der Waals surface area (Å²) in [6, 6.07) is 7.21. The molecule has 0 aliphatic heterocycles. The van der Waals surface area contributed by atoms with Crippen molar-refractivity contribution in [2.75, 3.05) is 11.1 Å². The zero-order valence-electron chi connectivity index (χ0n) is 11.3. The summed E-state index contributed by atoms with van der Waals surface area (Å²) in [5.41, 5.74) is 8.49. The first kappa shape index (κ1) is 13.8. The van der Waals surface area contributed by atoms with E-state index < -0.39 is 11.6 Å². The van der Waals surface area contributed by atoms with Gasteiger partial charge in [0.1, 0.15) is 11.6 Å². The molecule has 0 spiro atoms. The molecular formula is C15H13F2N3S. The van der Waals surface area contributed by atoms with E-state index in [2.05, 4.69) is 10.3 Å². The van der Waals surface area contributed by atoms with Gasteiger partial charge in [-0.05, 0) is 25.1 Å². The van der Waals surface area contributed by atoms with Gasteiger partial charge in [0.25, 0.3) is 0 Å². The van der Waals surface area contributed by atoms with Crippen LogP contribution in [0.2, 0.25) is 0 Å². The molecule has 6 heteroatoms. The third kappa shape index (κ3) is 2.80. The lowest BCUT2D eigenvalue weighted by Gasteiger charge is -2.10. The van der Waals surface area contributed by atoms with E-state index in [1.165, 1.54) is 12.1 Å². The van der Waals surface area contributed by atoms with E-state index in [0.717, 1.165) is 21.3 Å². The maximum atomic E-state index is 13.6. The zero-order valence-corrected chi connectivity index (χ0v) is 12.1. The number of aryl methyl sites for hydroxylation is 1. The quantitative estimate of drug-likeness (QED) is 0.717. The Hall–Kier alpha value is -2.21. The number of hydrogen-bond acceptors (Lipinski definition) is 4. The van der Waals surface area contributed by atoms with Gasteiger partial charge in [0, 0.05) is 18.2 Å². The van der Waals surface area contributed by atoms with Gasteiger partial charge in [-0.25, -0.2) is 13.8 Å². The molecule has 0 unspecified atom stereocenters. The predicted octanol–water partition coefficient (Wildman–Crippen LogP) is 4.08. The van der Waals surface area contributed by atoms with E-state index in [1.807, 2.05) is 19.1 Å². The smallest absolute Gasteiger partial charge is 0.131 e. The van der Waals surface area contributed by atoms with Gasteiger partial charge in [0.15, 0.2) is 0 Å². The number of nitrogens with zero attached hydrogens (tertiary/aromatic N) is 1. The van der Waals surface area contributed by atoms with Gasteiger partial charge in [0.05, 0.1) is 26.6 Å². The van der Waals surface area contributed by atoms with Gasteiger partial charge in [0.2, 0.25) is 0 Å². The van der Waals surface area contributed by atoms with Gasteiger partial charge in [-0.2, -0.15) is 0 Å². The van der Waals surface area contributed by atoms with Crippen molar-refractivity contribution in [1.29, 1.82) is 0 Å². The Bertz CT molecular complexity index is 814. The molecule has 0 amide bonds. The average Bonchev–Trinajstić information content (AvgIpc) is 2.76. The Kier molecular flexibility index (Phi) is 3.47. The lowest BCUT2D eigenvalue weighted by atomic mass is 10.2. The minimum atomic E-state index is -0.588. The number of nitrogens with two attached hydrogens (primary N) is 1. The summed E-state index contributed by atoms with van der Waals surface area (Å²) in [5, 5.41) is 4.03. The number of nitrogens with one attached hydrogen (secondary N) is 1. The van der Waals surface area contributed by atoms with Gasteiger partial charge >= 0.3 is 0 Å². The lowest BCUT2D eigenvalue weighted by Crippen LogP contribution is -2.04. The van der Waals surface area contributed by atoms with Crippen molar-refractivity contribution >= 4 is 32.9 Å². The molecule has 0 aliphatic carbocycles. The third-order valence-electron chi connectivity index (χ3n) is 3.15. The second kappa shape index (κ2) is 5.29. The number of aromatic nitrogens is 1. The average molecular weight is 305 g/mol. The van der Waals surface area contributed by atoms with Crippen molar-refractivity contribution in [3.8, 4) is 0 Å². The third-order valence-corrected chi connectivity index (χ3v) is 4.08. The van der Waals surface area contributed by atoms with E-state index in [1.54, 1.807) is 11.3 Å². The number of fused-ring (bicyclic) bond motifs is 1. The summed E-state index contributed by atoms with van der Waals surface area (Å²) in [6.45, 7) is 2.16. The van der Waals surface area contributed by atoms with Crippen LogP contribution < -0.4 is 11.1 Å². The predicted molar refractivity (Wildman–Crippen MR) is 82.5 cm³/mol. The molecule has 0 radical (unpaired) electrons. The molecule has 0 fully saturated rings. The second-order valence-electron chi connectivity index (χ2n) is 4.73. The molecule has 3 N–H and O–H groups in total. The van der Waals surface area contributed by atoms with E-state index in [9.17, 15) is 8.78 Å². The summed E-state index contributed by atoms with van der Waals surface area (Å²) in [5.74, 6) is -1.17. The highest BCUT2D eigenvalue weighted by molar-refractivity contribution is 7.18. The maximum Gasteiger partial charge on any atom is 0.131 e. The van der Waals surface area contributed by atoms with Crippen LogP contribution >= 0.6 is 11.3 Å². The fraction of sp³-hybridized carbons (Fsp3) is 0.133. The molecule has 0 aliphatic rings. The SMILES string of the molecule is Cc1nc2cc(NCc3ccc(F)cc3F)c(N)cc2s1. The minimum absolute atomic E-state index is 0.227. The van der Waals surface area contributed by atoms with Crippen LogP contribution in [0.3, 0.4) is 0 Å². The van der Waals surface area contributed by atoms with Gasteiger partial charge in [-0.15, -0.1) is 11.3 Å². The number of rotatable bonds is 3. The van der Waals surface area contributed by atoms with Crippen molar-refractivity contribution in [1.82, 2.24) is 4.98 Å². The largest absolute Gasteiger partial charge is 0.397 e. The van der Waals surface area contributed by atoms with Gasteiger partial charge in [-0.1, -0.05) is 6.07 Å². The number of anilines is 2. The molecular weight excluding hydrogens is 292 g/mol. The van der Waals surface area contributed by atoms with Crippen LogP contribution in [0.4, 0.5) is 20.2 Å². The van der Waals surface area contributed by atoms with Crippen molar-refractivity contribution in [3.05, 3.63) is 52.5 Å². The van der Waals surface area contributed by atoms with Gasteiger partial charge in [-0.3, -0.25) is 0 Å². The van der Waals surface area contributed by atoms with Crippen molar-refractivity contribution in [2.45, 2.75) is 13.5 Å². The Labute approximate surface area is 124 Å². The molecule has 0 atom stereocenters. The Balaban J connectivity index is 1.85. The minimum Gasteiger partial charge on any atom is -0.397 e. The standard InChI is InChI=1S/C15H13F2N3S/c1-8-20-14-6-13(12(18)5-15(14)21-8)19-7-9-2-3-10(16)4-11(9)17/h2-6,19H,7,18H2,1H3. The van der Waals surface area contributed by atoms with E-state index in [-0.39, 0.29) is 6.54 Å². The summed E-state index contributed by atoms with van der Waals surface area (Å²) in [7, 11) is 0. The summed E-state index contributed by atoms with van der Waals surface area (Å²) in [4.78, 5) is 4.40. The first-order chi connectivity index (χ1) is 10.0. The Morgan fingerprint density at radius 1 is 1.24 bits per heavy atom. The monoisotopic (exact) mass is 305 g/mol. The summed E-state index contributed by atoms with van der Waals surface area (Å²) in [6.07, 6.45) is 0. The molecule has 0 saturated carbocycles. The molecule has 2 aromatic carbocycles. The molecule has 3 nitrogen and oxygen atoms in total. The van der Waals surface area contributed by atoms with E-state index in [4.69, 9.17) is 5.73 Å². The number of halogens is 2. The van der Waals surface area contributed by atoms with E-state index in [0.29, 0.717) is 16.9 Å². The molecule has 3 rings (SSSR count). The van der Waals surface area contributed by atoms with Crippen molar-refractivity contribution in [3.63, 3.8) is 0 Å². The fourth-order valence-electron chi connectivity index (χ4n) is 2.11. The van der Waals surface area contributed by atoms with Gasteiger partial charge < -0.3 is 11.1 Å². The molecule has 1 aromatic heterocycles. The number of benzene rings is 2. The van der Waals surface area contributed by atoms with Crippen LogP contribution in [0, 0.1) is 18.6 Å². The Morgan fingerprint density at radius 2 is 2.05 bits per heavy atom. The highest BCUT2D eigenvalue weighted by atomic mass is 32.1. The Morgan fingerprint density at radius 3 is 2.81 bits per heavy atom. The molecule has 0 saturated heterocycles.